The molecule has 0 amide bonds. The van der Waals surface area contributed by atoms with E-state index in [1.165, 1.54) is 0 Å². The number of carbonyl (C=O) groups is 2. The molecule has 0 aromatic carbocycles. The largest absolute Gasteiger partial charge is 0.465 e. The SMILES string of the molecule is C=C(C)C(=O)OCCCCOC(=O)C12CC3CC(CC(O)(C3)C1)C2. The Kier molecular flexibility index (Phi) is 4.73. The van der Waals surface area contributed by atoms with Crippen molar-refractivity contribution in [3.63, 3.8) is 0 Å². The zero-order valence-corrected chi connectivity index (χ0v) is 14.5. The lowest BCUT2D eigenvalue weighted by Gasteiger charge is -2.58. The second-order valence-corrected chi connectivity index (χ2v) is 8.22. The fourth-order valence-corrected chi connectivity index (χ4v) is 5.26. The molecule has 4 saturated carbocycles. The molecule has 134 valence electrons. The average molecular weight is 336 g/mol. The van der Waals surface area contributed by atoms with Crippen molar-refractivity contribution < 1.29 is 24.2 Å². The molecule has 24 heavy (non-hydrogen) atoms. The van der Waals surface area contributed by atoms with Crippen molar-refractivity contribution in [2.24, 2.45) is 17.3 Å². The van der Waals surface area contributed by atoms with Crippen molar-refractivity contribution in [2.45, 2.75) is 63.9 Å². The van der Waals surface area contributed by atoms with Gasteiger partial charge in [0.05, 0.1) is 24.2 Å². The normalized spacial score (nSPS) is 36.4. The molecule has 0 radical (unpaired) electrons. The number of hydrogen-bond donors (Lipinski definition) is 1. The van der Waals surface area contributed by atoms with Gasteiger partial charge in [0.15, 0.2) is 0 Å². The number of esters is 2. The van der Waals surface area contributed by atoms with Crippen LogP contribution in [0.25, 0.3) is 0 Å². The highest BCUT2D eigenvalue weighted by atomic mass is 16.5. The summed E-state index contributed by atoms with van der Waals surface area (Å²) in [4.78, 5) is 23.9. The number of rotatable bonds is 7. The summed E-state index contributed by atoms with van der Waals surface area (Å²) >= 11 is 0. The molecule has 0 saturated heterocycles. The van der Waals surface area contributed by atoms with Gasteiger partial charge in [-0.3, -0.25) is 4.79 Å². The fraction of sp³-hybridized carbons (Fsp3) is 0.789. The van der Waals surface area contributed by atoms with E-state index < -0.39 is 11.0 Å². The molecule has 4 aliphatic carbocycles. The molecule has 4 fully saturated rings. The highest BCUT2D eigenvalue weighted by Crippen LogP contribution is 2.61. The first-order valence-corrected chi connectivity index (χ1v) is 9.04. The van der Waals surface area contributed by atoms with Gasteiger partial charge in [-0.05, 0) is 70.1 Å². The third-order valence-corrected chi connectivity index (χ3v) is 5.82. The molecular weight excluding hydrogens is 308 g/mol. The second kappa shape index (κ2) is 6.51. The predicted molar refractivity (Wildman–Crippen MR) is 88.0 cm³/mol. The molecule has 4 rings (SSSR count). The number of carbonyl (C=O) groups excluding carboxylic acids is 2. The second-order valence-electron chi connectivity index (χ2n) is 8.22. The summed E-state index contributed by atoms with van der Waals surface area (Å²) in [6, 6.07) is 0. The lowest BCUT2D eigenvalue weighted by molar-refractivity contribution is -0.196. The zero-order valence-electron chi connectivity index (χ0n) is 14.5. The van der Waals surface area contributed by atoms with E-state index in [9.17, 15) is 14.7 Å². The topological polar surface area (TPSA) is 72.8 Å². The van der Waals surface area contributed by atoms with Crippen molar-refractivity contribution in [2.75, 3.05) is 13.2 Å². The molecule has 0 aromatic rings. The maximum Gasteiger partial charge on any atom is 0.333 e. The lowest BCUT2D eigenvalue weighted by Crippen LogP contribution is -2.58. The van der Waals surface area contributed by atoms with E-state index >= 15 is 0 Å². The number of aliphatic hydroxyl groups is 1. The summed E-state index contributed by atoms with van der Waals surface area (Å²) < 4.78 is 10.5. The molecule has 0 heterocycles. The first-order valence-electron chi connectivity index (χ1n) is 9.04. The minimum absolute atomic E-state index is 0.131. The molecule has 4 bridgehead atoms. The van der Waals surface area contributed by atoms with Crippen LogP contribution in [0.3, 0.4) is 0 Å². The lowest BCUT2D eigenvalue weighted by atomic mass is 9.48. The highest BCUT2D eigenvalue weighted by molar-refractivity contribution is 5.86. The van der Waals surface area contributed by atoms with Crippen LogP contribution in [0.5, 0.6) is 0 Å². The third-order valence-electron chi connectivity index (χ3n) is 5.82. The van der Waals surface area contributed by atoms with E-state index in [-0.39, 0.29) is 11.9 Å². The van der Waals surface area contributed by atoms with Gasteiger partial charge >= 0.3 is 11.9 Å². The quantitative estimate of drug-likeness (QED) is 0.440. The Hall–Kier alpha value is -1.36. The summed E-state index contributed by atoms with van der Waals surface area (Å²) in [5, 5.41) is 10.7. The van der Waals surface area contributed by atoms with Crippen molar-refractivity contribution in [3.8, 4) is 0 Å². The number of ether oxygens (including phenoxy) is 2. The van der Waals surface area contributed by atoms with Gasteiger partial charge in [-0.2, -0.15) is 0 Å². The van der Waals surface area contributed by atoms with Crippen LogP contribution in [0.2, 0.25) is 0 Å². The average Bonchev–Trinajstić information content (AvgIpc) is 2.47. The van der Waals surface area contributed by atoms with Crippen molar-refractivity contribution >= 4 is 11.9 Å². The van der Waals surface area contributed by atoms with Crippen LogP contribution in [0, 0.1) is 17.3 Å². The first kappa shape index (κ1) is 17.5. The van der Waals surface area contributed by atoms with Gasteiger partial charge in [-0.25, -0.2) is 4.79 Å². The summed E-state index contributed by atoms with van der Waals surface area (Å²) in [5.41, 5.74) is -0.702. The Morgan fingerprint density at radius 1 is 1.08 bits per heavy atom. The Bertz CT molecular complexity index is 524. The molecule has 2 atom stereocenters. The van der Waals surface area contributed by atoms with Crippen molar-refractivity contribution in [1.29, 1.82) is 0 Å². The Morgan fingerprint density at radius 3 is 2.21 bits per heavy atom. The van der Waals surface area contributed by atoms with Gasteiger partial charge in [0.25, 0.3) is 0 Å². The smallest absolute Gasteiger partial charge is 0.333 e. The van der Waals surface area contributed by atoms with Crippen molar-refractivity contribution in [3.05, 3.63) is 12.2 Å². The van der Waals surface area contributed by atoms with E-state index in [1.54, 1.807) is 6.92 Å². The van der Waals surface area contributed by atoms with Crippen LogP contribution in [0.4, 0.5) is 0 Å². The van der Waals surface area contributed by atoms with Gasteiger partial charge in [0.1, 0.15) is 0 Å². The molecule has 0 aromatic heterocycles. The van der Waals surface area contributed by atoms with Crippen LogP contribution in [-0.4, -0.2) is 35.9 Å². The van der Waals surface area contributed by atoms with Gasteiger partial charge in [-0.15, -0.1) is 0 Å². The molecule has 0 aliphatic heterocycles. The summed E-state index contributed by atoms with van der Waals surface area (Å²) in [6.45, 7) is 5.80. The molecule has 4 aliphatic rings. The zero-order chi connectivity index (χ0) is 17.4. The standard InChI is InChI=1S/C19H28O5/c1-13(2)16(20)23-5-3-4-6-24-17(21)18-8-14-7-15(9-18)11-19(22,10-14)12-18/h14-15,22H,1,3-12H2,2H3. The van der Waals surface area contributed by atoms with Crippen LogP contribution in [0.1, 0.15) is 58.3 Å². The summed E-state index contributed by atoms with van der Waals surface area (Å²) in [5.74, 6) is 0.443. The van der Waals surface area contributed by atoms with E-state index in [2.05, 4.69) is 6.58 Å². The van der Waals surface area contributed by atoms with Crippen LogP contribution in [0.15, 0.2) is 12.2 Å². The van der Waals surface area contributed by atoms with Gasteiger partial charge in [-0.1, -0.05) is 6.58 Å². The van der Waals surface area contributed by atoms with Crippen LogP contribution < -0.4 is 0 Å². The fourth-order valence-electron chi connectivity index (χ4n) is 5.26. The van der Waals surface area contributed by atoms with Crippen LogP contribution >= 0.6 is 0 Å². The molecular formula is C19H28O5. The van der Waals surface area contributed by atoms with E-state index in [0.29, 0.717) is 49.9 Å². The van der Waals surface area contributed by atoms with Crippen LogP contribution in [-0.2, 0) is 19.1 Å². The Balaban J connectivity index is 1.41. The molecule has 5 nitrogen and oxygen atoms in total. The third kappa shape index (κ3) is 3.51. The molecule has 0 spiro atoms. The minimum atomic E-state index is -0.639. The summed E-state index contributed by atoms with van der Waals surface area (Å²) in [7, 11) is 0. The predicted octanol–water partition coefficient (Wildman–Crippen LogP) is 2.76. The minimum Gasteiger partial charge on any atom is -0.465 e. The molecule has 1 N–H and O–H groups in total. The first-order chi connectivity index (χ1) is 11.3. The van der Waals surface area contributed by atoms with E-state index in [4.69, 9.17) is 9.47 Å². The van der Waals surface area contributed by atoms with Gasteiger partial charge < -0.3 is 14.6 Å². The maximum absolute atomic E-state index is 12.6. The molecule has 5 heteroatoms. The van der Waals surface area contributed by atoms with Gasteiger partial charge in [0.2, 0.25) is 0 Å². The van der Waals surface area contributed by atoms with Gasteiger partial charge in [0, 0.05) is 5.57 Å². The number of unbranched alkanes of at least 4 members (excludes halogenated alkanes) is 1. The Labute approximate surface area is 143 Å². The van der Waals surface area contributed by atoms with E-state index in [1.807, 2.05) is 0 Å². The van der Waals surface area contributed by atoms with Crippen molar-refractivity contribution in [1.82, 2.24) is 0 Å². The number of hydrogen-bond acceptors (Lipinski definition) is 5. The maximum atomic E-state index is 12.6. The monoisotopic (exact) mass is 336 g/mol. The molecule has 2 unspecified atom stereocenters. The highest BCUT2D eigenvalue weighted by Gasteiger charge is 2.60. The van der Waals surface area contributed by atoms with E-state index in [0.717, 1.165) is 32.1 Å². The summed E-state index contributed by atoms with van der Waals surface area (Å²) in [6.07, 6.45) is 6.52. The Morgan fingerprint density at radius 2 is 1.67 bits per heavy atom.